The van der Waals surface area contributed by atoms with E-state index in [0.717, 1.165) is 5.56 Å². The standard InChI is InChI=1S/C15H13BrClNO2/c1-8-6-11(16)13(7-12(8)17)18-14(19)9-4-2-3-5-10(9)15(18)20/h2-3,6-7,9-10H,4-5H2,1H3/t9-,10+. The van der Waals surface area contributed by atoms with Crippen LogP contribution in [0.5, 0.6) is 0 Å². The summed E-state index contributed by atoms with van der Waals surface area (Å²) < 4.78 is 0.715. The van der Waals surface area contributed by atoms with Crippen molar-refractivity contribution in [1.82, 2.24) is 0 Å². The maximum absolute atomic E-state index is 12.5. The van der Waals surface area contributed by atoms with Crippen LogP contribution in [0.2, 0.25) is 5.02 Å². The van der Waals surface area contributed by atoms with Crippen LogP contribution in [0.3, 0.4) is 0 Å². The third-order valence-electron chi connectivity index (χ3n) is 3.98. The van der Waals surface area contributed by atoms with E-state index in [1.165, 1.54) is 4.90 Å². The molecule has 1 aliphatic heterocycles. The molecule has 0 saturated carbocycles. The zero-order valence-corrected chi connectivity index (χ0v) is 13.2. The third-order valence-corrected chi connectivity index (χ3v) is 5.02. The summed E-state index contributed by atoms with van der Waals surface area (Å²) in [6, 6.07) is 3.51. The minimum absolute atomic E-state index is 0.120. The van der Waals surface area contributed by atoms with Gasteiger partial charge in [0.2, 0.25) is 11.8 Å². The predicted octanol–water partition coefficient (Wildman–Crippen LogP) is 3.87. The molecule has 0 spiro atoms. The predicted molar refractivity (Wildman–Crippen MR) is 81.7 cm³/mol. The first-order valence-electron chi connectivity index (χ1n) is 6.49. The normalized spacial score (nSPS) is 25.2. The Morgan fingerprint density at radius 1 is 1.15 bits per heavy atom. The van der Waals surface area contributed by atoms with Gasteiger partial charge >= 0.3 is 0 Å². The van der Waals surface area contributed by atoms with Crippen LogP contribution in [-0.4, -0.2) is 11.8 Å². The van der Waals surface area contributed by atoms with Gasteiger partial charge < -0.3 is 0 Å². The average Bonchev–Trinajstić information content (AvgIpc) is 2.68. The van der Waals surface area contributed by atoms with Gasteiger partial charge in [0.25, 0.3) is 0 Å². The third kappa shape index (κ3) is 2.02. The molecule has 1 aliphatic carbocycles. The van der Waals surface area contributed by atoms with E-state index in [1.807, 2.05) is 25.1 Å². The van der Waals surface area contributed by atoms with E-state index < -0.39 is 0 Å². The van der Waals surface area contributed by atoms with Crippen molar-refractivity contribution in [1.29, 1.82) is 0 Å². The Bertz CT molecular complexity index is 615. The van der Waals surface area contributed by atoms with Crippen molar-refractivity contribution < 1.29 is 9.59 Å². The monoisotopic (exact) mass is 353 g/mol. The zero-order chi connectivity index (χ0) is 14.4. The SMILES string of the molecule is Cc1cc(Br)c(N2C(=O)[C@H]3CC=CC[C@H]3C2=O)cc1Cl. The lowest BCUT2D eigenvalue weighted by molar-refractivity contribution is -0.122. The second-order valence-corrected chi connectivity index (χ2v) is 6.48. The van der Waals surface area contributed by atoms with Crippen LogP contribution in [0.1, 0.15) is 18.4 Å². The molecule has 3 rings (SSSR count). The van der Waals surface area contributed by atoms with Crippen molar-refractivity contribution >= 4 is 45.0 Å². The Morgan fingerprint density at radius 2 is 1.70 bits per heavy atom. The van der Waals surface area contributed by atoms with Crippen LogP contribution in [0.4, 0.5) is 5.69 Å². The lowest BCUT2D eigenvalue weighted by Crippen LogP contribution is -2.31. The van der Waals surface area contributed by atoms with E-state index in [1.54, 1.807) is 6.07 Å². The number of nitrogens with zero attached hydrogens (tertiary/aromatic N) is 1. The van der Waals surface area contributed by atoms with Crippen molar-refractivity contribution in [3.63, 3.8) is 0 Å². The summed E-state index contributed by atoms with van der Waals surface area (Å²) in [4.78, 5) is 26.3. The number of hydrogen-bond donors (Lipinski definition) is 0. The number of benzene rings is 1. The molecule has 2 atom stereocenters. The van der Waals surface area contributed by atoms with Crippen LogP contribution < -0.4 is 4.90 Å². The van der Waals surface area contributed by atoms with Gasteiger partial charge in [-0.05, 0) is 53.4 Å². The van der Waals surface area contributed by atoms with Gasteiger partial charge in [0.15, 0.2) is 0 Å². The fourth-order valence-electron chi connectivity index (χ4n) is 2.84. The average molecular weight is 355 g/mol. The van der Waals surface area contributed by atoms with E-state index in [2.05, 4.69) is 15.9 Å². The van der Waals surface area contributed by atoms with Crippen LogP contribution in [-0.2, 0) is 9.59 Å². The smallest absolute Gasteiger partial charge is 0.238 e. The Hall–Kier alpha value is -1.13. The highest BCUT2D eigenvalue weighted by atomic mass is 79.9. The van der Waals surface area contributed by atoms with Gasteiger partial charge in [-0.1, -0.05) is 23.8 Å². The Labute approximate surface area is 130 Å². The van der Waals surface area contributed by atoms with Gasteiger partial charge in [0.1, 0.15) is 0 Å². The van der Waals surface area contributed by atoms with Crippen LogP contribution >= 0.6 is 27.5 Å². The summed E-state index contributed by atoms with van der Waals surface area (Å²) >= 11 is 9.56. The number of halogens is 2. The number of carbonyl (C=O) groups is 2. The first-order valence-corrected chi connectivity index (χ1v) is 7.66. The second-order valence-electron chi connectivity index (χ2n) is 5.22. The maximum atomic E-state index is 12.5. The van der Waals surface area contributed by atoms with Gasteiger partial charge in [-0.15, -0.1) is 0 Å². The van der Waals surface area contributed by atoms with Gasteiger partial charge in [-0.3, -0.25) is 9.59 Å². The Balaban J connectivity index is 2.05. The Morgan fingerprint density at radius 3 is 2.25 bits per heavy atom. The lowest BCUT2D eigenvalue weighted by atomic mass is 9.85. The number of rotatable bonds is 1. The molecule has 1 heterocycles. The van der Waals surface area contributed by atoms with Crippen LogP contribution in [0, 0.1) is 18.8 Å². The van der Waals surface area contributed by atoms with E-state index in [-0.39, 0.29) is 23.7 Å². The number of aryl methyl sites for hydroxylation is 1. The second kappa shape index (κ2) is 5.01. The molecule has 1 saturated heterocycles. The van der Waals surface area contributed by atoms with Crippen molar-refractivity contribution in [2.45, 2.75) is 19.8 Å². The van der Waals surface area contributed by atoms with Crippen molar-refractivity contribution in [3.8, 4) is 0 Å². The summed E-state index contributed by atoms with van der Waals surface area (Å²) in [5.74, 6) is -0.686. The fourth-order valence-corrected chi connectivity index (χ4v) is 3.64. The number of imide groups is 1. The zero-order valence-electron chi connectivity index (χ0n) is 10.9. The maximum Gasteiger partial charge on any atom is 0.238 e. The minimum Gasteiger partial charge on any atom is -0.274 e. The summed E-state index contributed by atoms with van der Waals surface area (Å²) in [6.07, 6.45) is 5.24. The van der Waals surface area contributed by atoms with Gasteiger partial charge in [0, 0.05) is 9.50 Å². The summed E-state index contributed by atoms with van der Waals surface area (Å²) in [5.41, 5.74) is 1.45. The molecule has 1 aromatic carbocycles. The number of fused-ring (bicyclic) bond motifs is 1. The van der Waals surface area contributed by atoms with Crippen LogP contribution in [0.25, 0.3) is 0 Å². The van der Waals surface area contributed by atoms with E-state index in [0.29, 0.717) is 28.0 Å². The largest absolute Gasteiger partial charge is 0.274 e. The number of carbonyl (C=O) groups excluding carboxylic acids is 2. The Kier molecular flexibility index (Phi) is 3.46. The lowest BCUT2D eigenvalue weighted by Gasteiger charge is -2.17. The quantitative estimate of drug-likeness (QED) is 0.567. The molecule has 5 heteroatoms. The number of hydrogen-bond acceptors (Lipinski definition) is 2. The molecule has 104 valence electrons. The molecule has 0 bridgehead atoms. The van der Waals surface area contributed by atoms with Gasteiger partial charge in [0.05, 0.1) is 17.5 Å². The molecular weight excluding hydrogens is 342 g/mol. The minimum atomic E-state index is -0.223. The highest BCUT2D eigenvalue weighted by Crippen LogP contribution is 2.41. The topological polar surface area (TPSA) is 37.4 Å². The molecular formula is C15H13BrClNO2. The van der Waals surface area contributed by atoms with E-state index >= 15 is 0 Å². The van der Waals surface area contributed by atoms with Crippen molar-refractivity contribution in [2.24, 2.45) is 11.8 Å². The number of allylic oxidation sites excluding steroid dienone is 2. The molecule has 3 nitrogen and oxygen atoms in total. The molecule has 0 unspecified atom stereocenters. The van der Waals surface area contributed by atoms with Gasteiger partial charge in [-0.2, -0.15) is 0 Å². The fraction of sp³-hybridized carbons (Fsp3) is 0.333. The van der Waals surface area contributed by atoms with Gasteiger partial charge in [-0.25, -0.2) is 4.90 Å². The van der Waals surface area contributed by atoms with E-state index in [4.69, 9.17) is 11.6 Å². The molecule has 0 radical (unpaired) electrons. The number of amides is 2. The highest BCUT2D eigenvalue weighted by Gasteiger charge is 2.48. The van der Waals surface area contributed by atoms with Crippen LogP contribution in [0.15, 0.2) is 28.8 Å². The first-order chi connectivity index (χ1) is 9.50. The molecule has 1 aromatic rings. The summed E-state index contributed by atoms with van der Waals surface area (Å²) in [7, 11) is 0. The molecule has 2 amide bonds. The molecule has 0 N–H and O–H groups in total. The molecule has 0 aromatic heterocycles. The summed E-state index contributed by atoms with van der Waals surface area (Å²) in [6.45, 7) is 1.88. The first kappa shape index (κ1) is 13.8. The molecule has 1 fully saturated rings. The number of anilines is 1. The van der Waals surface area contributed by atoms with Crippen molar-refractivity contribution in [3.05, 3.63) is 39.3 Å². The molecule has 20 heavy (non-hydrogen) atoms. The molecule has 2 aliphatic rings. The highest BCUT2D eigenvalue weighted by molar-refractivity contribution is 9.10. The van der Waals surface area contributed by atoms with Crippen molar-refractivity contribution in [2.75, 3.05) is 4.90 Å². The summed E-state index contributed by atoms with van der Waals surface area (Å²) in [5, 5.41) is 0.553. The van der Waals surface area contributed by atoms with E-state index in [9.17, 15) is 9.59 Å².